The quantitative estimate of drug-likeness (QED) is 0.508. The molecule has 0 spiro atoms. The molecule has 4 aromatic rings. The lowest BCUT2D eigenvalue weighted by Crippen LogP contribution is -2.30. The molecule has 1 amide bonds. The fraction of sp³-hybridized carbons (Fsp3) is 0.286. The van der Waals surface area contributed by atoms with Crippen LogP contribution in [0.4, 0.5) is 0 Å². The van der Waals surface area contributed by atoms with Gasteiger partial charge in [-0.15, -0.1) is 0 Å². The van der Waals surface area contributed by atoms with Gasteiger partial charge in [0.25, 0.3) is 5.91 Å². The maximum atomic E-state index is 12.9. The summed E-state index contributed by atoms with van der Waals surface area (Å²) in [5.74, 6) is 1.12. The van der Waals surface area contributed by atoms with Gasteiger partial charge in [0.2, 0.25) is 5.88 Å². The first-order valence-corrected chi connectivity index (χ1v) is 9.75. The summed E-state index contributed by atoms with van der Waals surface area (Å²) in [5, 5.41) is 4.30. The van der Waals surface area contributed by atoms with Gasteiger partial charge in [-0.2, -0.15) is 5.10 Å². The largest absolute Gasteiger partial charge is 0.480 e. The maximum absolute atomic E-state index is 12.9. The van der Waals surface area contributed by atoms with Crippen LogP contribution in [0.2, 0.25) is 0 Å². The van der Waals surface area contributed by atoms with Crippen LogP contribution in [0.1, 0.15) is 35.6 Å². The van der Waals surface area contributed by atoms with Gasteiger partial charge in [0.05, 0.1) is 42.7 Å². The summed E-state index contributed by atoms with van der Waals surface area (Å²) in [5.41, 5.74) is 3.77. The van der Waals surface area contributed by atoms with Crippen molar-refractivity contribution in [1.82, 2.24) is 34.0 Å². The van der Waals surface area contributed by atoms with Crippen molar-refractivity contribution in [3.8, 4) is 17.3 Å². The molecule has 4 aromatic heterocycles. The summed E-state index contributed by atoms with van der Waals surface area (Å²) in [6.07, 6.45) is 5.15. The molecule has 1 aliphatic rings. The highest BCUT2D eigenvalue weighted by Crippen LogP contribution is 2.34. The zero-order valence-electron chi connectivity index (χ0n) is 17.0. The Morgan fingerprint density at radius 3 is 2.87 bits per heavy atom. The molecule has 0 aromatic carbocycles. The first-order chi connectivity index (χ1) is 14.6. The Morgan fingerprint density at radius 2 is 2.07 bits per heavy atom. The van der Waals surface area contributed by atoms with Crippen LogP contribution < -0.4 is 4.74 Å². The van der Waals surface area contributed by atoms with E-state index < -0.39 is 0 Å². The van der Waals surface area contributed by atoms with Gasteiger partial charge in [0, 0.05) is 18.4 Å². The van der Waals surface area contributed by atoms with Gasteiger partial charge in [-0.1, -0.05) is 6.07 Å². The number of imidazole rings is 1. The average molecular weight is 403 g/mol. The molecule has 0 N–H and O–H groups in total. The first kappa shape index (κ1) is 18.3. The van der Waals surface area contributed by atoms with Gasteiger partial charge in [0.15, 0.2) is 5.65 Å². The lowest BCUT2D eigenvalue weighted by atomic mass is 10.1. The van der Waals surface area contributed by atoms with Crippen molar-refractivity contribution in [3.63, 3.8) is 0 Å². The molecule has 30 heavy (non-hydrogen) atoms. The number of aromatic nitrogens is 6. The number of methoxy groups -OCH3 is 1. The minimum Gasteiger partial charge on any atom is -0.480 e. The van der Waals surface area contributed by atoms with Gasteiger partial charge in [-0.25, -0.2) is 19.5 Å². The number of pyridine rings is 2. The Kier molecular flexibility index (Phi) is 4.23. The molecule has 0 bridgehead atoms. The summed E-state index contributed by atoms with van der Waals surface area (Å²) >= 11 is 0. The third-order valence-corrected chi connectivity index (χ3v) is 5.36. The molecular formula is C21H21N7O2. The molecule has 0 unspecified atom stereocenters. The molecule has 0 saturated carbocycles. The molecule has 9 heteroatoms. The number of rotatable bonds is 5. The highest BCUT2D eigenvalue weighted by Gasteiger charge is 2.32. The number of hydrogen-bond donors (Lipinski definition) is 0. The van der Waals surface area contributed by atoms with E-state index in [1.54, 1.807) is 22.7 Å². The van der Waals surface area contributed by atoms with Crippen molar-refractivity contribution < 1.29 is 9.53 Å². The van der Waals surface area contributed by atoms with Crippen LogP contribution in [0.15, 0.2) is 43.0 Å². The van der Waals surface area contributed by atoms with Crippen molar-refractivity contribution in [2.45, 2.75) is 33.0 Å². The van der Waals surface area contributed by atoms with E-state index in [0.29, 0.717) is 35.9 Å². The third kappa shape index (κ3) is 2.81. The maximum Gasteiger partial charge on any atom is 0.256 e. The summed E-state index contributed by atoms with van der Waals surface area (Å²) in [6.45, 7) is 5.02. The van der Waals surface area contributed by atoms with Crippen molar-refractivity contribution in [1.29, 1.82) is 0 Å². The highest BCUT2D eigenvalue weighted by molar-refractivity contribution is 5.99. The minimum atomic E-state index is -0.0121. The lowest BCUT2D eigenvalue weighted by molar-refractivity contribution is 0.0730. The second-order valence-electron chi connectivity index (χ2n) is 7.49. The molecule has 5 heterocycles. The van der Waals surface area contributed by atoms with E-state index in [2.05, 4.69) is 20.1 Å². The predicted molar refractivity (Wildman–Crippen MR) is 109 cm³/mol. The molecule has 0 aliphatic carbocycles. The Labute approximate surface area is 173 Å². The molecule has 152 valence electrons. The molecule has 9 nitrogen and oxygen atoms in total. The number of carbonyl (C=O) groups excluding carboxylic acids is 1. The van der Waals surface area contributed by atoms with E-state index in [9.17, 15) is 4.79 Å². The monoisotopic (exact) mass is 403 g/mol. The molecule has 1 aliphatic heterocycles. The highest BCUT2D eigenvalue weighted by atomic mass is 16.5. The topological polar surface area (TPSA) is 90.4 Å². The van der Waals surface area contributed by atoms with Crippen LogP contribution in [-0.4, -0.2) is 53.1 Å². The Balaban J connectivity index is 1.57. The third-order valence-electron chi connectivity index (χ3n) is 5.36. The van der Waals surface area contributed by atoms with Gasteiger partial charge in [-0.05, 0) is 32.0 Å². The van der Waals surface area contributed by atoms with Crippen LogP contribution in [0.25, 0.3) is 17.0 Å². The Morgan fingerprint density at radius 1 is 1.20 bits per heavy atom. The number of ether oxygens (including phenoxy) is 1. The number of amides is 1. The number of nitrogens with zero attached hydrogens (tertiary/aromatic N) is 7. The fourth-order valence-corrected chi connectivity index (χ4v) is 3.84. The van der Waals surface area contributed by atoms with Crippen LogP contribution in [0.3, 0.4) is 0 Å². The second-order valence-corrected chi connectivity index (χ2v) is 7.49. The zero-order valence-corrected chi connectivity index (χ0v) is 17.0. The van der Waals surface area contributed by atoms with E-state index in [1.165, 1.54) is 6.33 Å². The summed E-state index contributed by atoms with van der Waals surface area (Å²) in [4.78, 5) is 28.1. The van der Waals surface area contributed by atoms with Gasteiger partial charge >= 0.3 is 0 Å². The normalized spacial score (nSPS) is 13.5. The molecular weight excluding hydrogens is 382 g/mol. The van der Waals surface area contributed by atoms with E-state index in [0.717, 1.165) is 17.0 Å². The van der Waals surface area contributed by atoms with Crippen molar-refractivity contribution >= 4 is 11.6 Å². The SMILES string of the molecule is COc1nc2c(cc1-c1nccn1Cc1cccc3ncnn13)C(=O)N(C(C)C)C2. The Bertz CT molecular complexity index is 1260. The van der Waals surface area contributed by atoms with Crippen molar-refractivity contribution in [3.05, 3.63) is 59.9 Å². The standard InChI is InChI=1S/C21H21N7O2/c1-13(2)27-11-17-15(21(27)29)9-16(20(25-17)30-3)19-22-7-8-26(19)10-14-5-4-6-18-23-12-24-28(14)18/h4-9,12-13H,10-11H2,1-3H3. The number of hydrogen-bond acceptors (Lipinski definition) is 6. The van der Waals surface area contributed by atoms with E-state index in [4.69, 9.17) is 4.74 Å². The van der Waals surface area contributed by atoms with Crippen LogP contribution in [0.5, 0.6) is 5.88 Å². The minimum absolute atomic E-state index is 0.0121. The van der Waals surface area contributed by atoms with E-state index in [1.807, 2.05) is 48.9 Å². The molecule has 0 radical (unpaired) electrons. The molecule has 0 atom stereocenters. The van der Waals surface area contributed by atoms with Crippen LogP contribution >= 0.6 is 0 Å². The van der Waals surface area contributed by atoms with Crippen molar-refractivity contribution in [2.75, 3.05) is 7.11 Å². The van der Waals surface area contributed by atoms with Crippen LogP contribution in [-0.2, 0) is 13.1 Å². The predicted octanol–water partition coefficient (Wildman–Crippen LogP) is 2.41. The zero-order chi connectivity index (χ0) is 20.8. The fourth-order valence-electron chi connectivity index (χ4n) is 3.84. The summed E-state index contributed by atoms with van der Waals surface area (Å²) in [7, 11) is 1.58. The molecule has 0 fully saturated rings. The van der Waals surface area contributed by atoms with Gasteiger partial charge in [0.1, 0.15) is 12.2 Å². The van der Waals surface area contributed by atoms with Gasteiger partial charge in [-0.3, -0.25) is 4.79 Å². The second kappa shape index (κ2) is 6.94. The molecule has 0 saturated heterocycles. The smallest absolute Gasteiger partial charge is 0.256 e. The average Bonchev–Trinajstić information content (AvgIpc) is 3.46. The van der Waals surface area contributed by atoms with Crippen molar-refractivity contribution in [2.24, 2.45) is 0 Å². The van der Waals surface area contributed by atoms with Crippen LogP contribution in [0, 0.1) is 0 Å². The van der Waals surface area contributed by atoms with E-state index in [-0.39, 0.29) is 11.9 Å². The number of fused-ring (bicyclic) bond motifs is 2. The number of carbonyl (C=O) groups is 1. The summed E-state index contributed by atoms with van der Waals surface area (Å²) in [6, 6.07) is 7.80. The molecule has 5 rings (SSSR count). The first-order valence-electron chi connectivity index (χ1n) is 9.75. The lowest BCUT2D eigenvalue weighted by Gasteiger charge is -2.19. The van der Waals surface area contributed by atoms with E-state index >= 15 is 0 Å². The van der Waals surface area contributed by atoms with Gasteiger partial charge < -0.3 is 14.2 Å². The Hall–Kier alpha value is -3.75. The summed E-state index contributed by atoms with van der Waals surface area (Å²) < 4.78 is 9.35.